The summed E-state index contributed by atoms with van der Waals surface area (Å²) in [6, 6.07) is 8.49. The van der Waals surface area contributed by atoms with Gasteiger partial charge in [-0.3, -0.25) is 4.79 Å². The van der Waals surface area contributed by atoms with Crippen LogP contribution in [0.1, 0.15) is 41.7 Å². The van der Waals surface area contributed by atoms with Gasteiger partial charge in [0.15, 0.2) is 15.5 Å². The van der Waals surface area contributed by atoms with Crippen molar-refractivity contribution < 1.29 is 23.1 Å². The minimum atomic E-state index is -3.51. The number of sulfone groups is 1. The lowest BCUT2D eigenvalue weighted by Crippen LogP contribution is -2.49. The van der Waals surface area contributed by atoms with Crippen molar-refractivity contribution in [3.8, 4) is 5.69 Å². The molecule has 1 fully saturated rings. The lowest BCUT2D eigenvalue weighted by molar-refractivity contribution is -0.123. The molecule has 0 radical (unpaired) electrons. The van der Waals surface area contributed by atoms with Gasteiger partial charge in [0.1, 0.15) is 4.75 Å². The summed E-state index contributed by atoms with van der Waals surface area (Å²) in [5.74, 6) is -1.57. The van der Waals surface area contributed by atoms with Gasteiger partial charge in [0.2, 0.25) is 5.91 Å². The van der Waals surface area contributed by atoms with Crippen LogP contribution in [-0.2, 0) is 21.2 Å². The molecule has 1 aromatic heterocycles. The quantitative estimate of drug-likeness (QED) is 0.771. The van der Waals surface area contributed by atoms with Crippen molar-refractivity contribution in [2.24, 2.45) is 0 Å². The highest BCUT2D eigenvalue weighted by atomic mass is 32.2. The lowest BCUT2D eigenvalue weighted by Gasteiger charge is -2.25. The van der Waals surface area contributed by atoms with Crippen molar-refractivity contribution in [1.29, 1.82) is 0 Å². The maximum absolute atomic E-state index is 12.6. The highest BCUT2D eigenvalue weighted by Crippen LogP contribution is 2.36. The number of amides is 1. The monoisotopic (exact) mass is 391 g/mol. The van der Waals surface area contributed by atoms with E-state index in [1.165, 1.54) is 10.7 Å². The van der Waals surface area contributed by atoms with Crippen molar-refractivity contribution in [3.63, 3.8) is 0 Å². The molecule has 2 N–H and O–H groups in total. The van der Waals surface area contributed by atoms with Crippen LogP contribution in [-0.4, -0.2) is 46.2 Å². The normalized spacial score (nSPS) is 16.2. The van der Waals surface area contributed by atoms with E-state index in [0.29, 0.717) is 18.5 Å². The van der Waals surface area contributed by atoms with Gasteiger partial charge in [0.05, 0.1) is 5.69 Å². The van der Waals surface area contributed by atoms with Crippen LogP contribution in [0.5, 0.6) is 0 Å². The fourth-order valence-corrected chi connectivity index (χ4v) is 4.89. The van der Waals surface area contributed by atoms with E-state index >= 15 is 0 Å². The number of nitrogens with one attached hydrogen (secondary N) is 1. The molecule has 1 aliphatic carbocycles. The van der Waals surface area contributed by atoms with Gasteiger partial charge in [-0.1, -0.05) is 25.0 Å². The molecule has 3 rings (SSSR count). The number of benzene rings is 1. The topological polar surface area (TPSA) is 118 Å². The van der Waals surface area contributed by atoms with Crippen LogP contribution in [0, 0.1) is 0 Å². The van der Waals surface area contributed by atoms with Gasteiger partial charge < -0.3 is 10.4 Å². The van der Waals surface area contributed by atoms with Gasteiger partial charge in [0.25, 0.3) is 0 Å². The van der Waals surface area contributed by atoms with Gasteiger partial charge in [-0.25, -0.2) is 17.9 Å². The second kappa shape index (κ2) is 7.15. The molecule has 27 heavy (non-hydrogen) atoms. The molecule has 0 atom stereocenters. The minimum absolute atomic E-state index is 0.0648. The Bertz CT molecular complexity index is 974. The number of aromatic carboxylic acids is 1. The van der Waals surface area contributed by atoms with Crippen LogP contribution in [0.25, 0.3) is 5.69 Å². The summed E-state index contributed by atoms with van der Waals surface area (Å²) in [7, 11) is -3.51. The Balaban J connectivity index is 1.75. The Morgan fingerprint density at radius 1 is 1.26 bits per heavy atom. The van der Waals surface area contributed by atoms with Gasteiger partial charge in [0, 0.05) is 19.0 Å². The zero-order valence-corrected chi connectivity index (χ0v) is 15.7. The first-order chi connectivity index (χ1) is 12.7. The Morgan fingerprint density at radius 2 is 1.96 bits per heavy atom. The maximum Gasteiger partial charge on any atom is 0.356 e. The van der Waals surface area contributed by atoms with Crippen LogP contribution >= 0.6 is 0 Å². The summed E-state index contributed by atoms with van der Waals surface area (Å²) < 4.78 is 24.5. The zero-order chi connectivity index (χ0) is 19.7. The summed E-state index contributed by atoms with van der Waals surface area (Å²) in [5, 5.41) is 15.7. The fourth-order valence-electron chi connectivity index (χ4n) is 3.45. The summed E-state index contributed by atoms with van der Waals surface area (Å²) in [5.41, 5.74) is 1.34. The van der Waals surface area contributed by atoms with E-state index in [-0.39, 0.29) is 12.2 Å². The number of nitrogens with zero attached hydrogens (tertiary/aromatic N) is 2. The molecular weight excluding hydrogens is 370 g/mol. The summed E-state index contributed by atoms with van der Waals surface area (Å²) in [6.07, 6.45) is 4.81. The first-order valence-corrected chi connectivity index (χ1v) is 10.5. The number of hydrogen-bond donors (Lipinski definition) is 2. The van der Waals surface area contributed by atoms with E-state index in [2.05, 4.69) is 10.4 Å². The van der Waals surface area contributed by atoms with Crippen molar-refractivity contribution in [3.05, 3.63) is 47.8 Å². The maximum atomic E-state index is 12.6. The van der Waals surface area contributed by atoms with Crippen molar-refractivity contribution in [2.45, 2.75) is 37.0 Å². The molecule has 0 unspecified atom stereocenters. The highest BCUT2D eigenvalue weighted by molar-refractivity contribution is 7.92. The molecule has 1 amide bonds. The fraction of sp³-hybridized carbons (Fsp3) is 0.389. The molecule has 9 heteroatoms. The van der Waals surface area contributed by atoms with E-state index in [1.54, 1.807) is 30.5 Å². The zero-order valence-electron chi connectivity index (χ0n) is 14.9. The standard InChI is InChI=1S/C18H21N3O5S/c1-27(25,26)18(8-2-3-9-18)17(24)19-12-13-5-4-6-14(11-13)21-10-7-15(20-21)16(22)23/h4-7,10-11H,2-3,8-9,12H2,1H3,(H,19,24)(H,22,23). The smallest absolute Gasteiger partial charge is 0.356 e. The van der Waals surface area contributed by atoms with Crippen molar-refractivity contribution in [2.75, 3.05) is 6.26 Å². The van der Waals surface area contributed by atoms with E-state index in [1.807, 2.05) is 0 Å². The summed E-state index contributed by atoms with van der Waals surface area (Å²) in [6.45, 7) is 0.178. The third-order valence-corrected chi connectivity index (χ3v) is 6.98. The third kappa shape index (κ3) is 3.73. The van der Waals surface area contributed by atoms with Gasteiger partial charge in [-0.2, -0.15) is 5.10 Å². The molecule has 144 valence electrons. The number of carboxylic acid groups (broad SMARTS) is 1. The summed E-state index contributed by atoms with van der Waals surface area (Å²) in [4.78, 5) is 23.6. The second-order valence-corrected chi connectivity index (χ2v) is 9.10. The molecule has 0 spiro atoms. The third-order valence-electron chi connectivity index (χ3n) is 4.97. The number of carboxylic acids is 1. The van der Waals surface area contributed by atoms with E-state index in [0.717, 1.165) is 24.7 Å². The molecule has 2 aromatic rings. The molecule has 1 aliphatic rings. The number of carbonyl (C=O) groups excluding carboxylic acids is 1. The SMILES string of the molecule is CS(=O)(=O)C1(C(=O)NCc2cccc(-n3ccc(C(=O)O)n3)c2)CCCC1. The predicted molar refractivity (Wildman–Crippen MR) is 98.4 cm³/mol. The van der Waals surface area contributed by atoms with Gasteiger partial charge in [-0.15, -0.1) is 0 Å². The van der Waals surface area contributed by atoms with Crippen LogP contribution < -0.4 is 5.32 Å². The van der Waals surface area contributed by atoms with Crippen molar-refractivity contribution >= 4 is 21.7 Å². The molecule has 0 saturated heterocycles. The Labute approximate surface area is 157 Å². The molecule has 1 aromatic carbocycles. The first kappa shape index (κ1) is 19.1. The van der Waals surface area contributed by atoms with Crippen LogP contribution in [0.3, 0.4) is 0 Å². The highest BCUT2D eigenvalue weighted by Gasteiger charge is 2.49. The van der Waals surface area contributed by atoms with Crippen LogP contribution in [0.15, 0.2) is 36.5 Å². The van der Waals surface area contributed by atoms with E-state index in [9.17, 15) is 18.0 Å². The molecule has 0 bridgehead atoms. The van der Waals surface area contributed by atoms with Gasteiger partial charge in [-0.05, 0) is 36.6 Å². The first-order valence-electron chi connectivity index (χ1n) is 8.59. The Kier molecular flexibility index (Phi) is 5.05. The van der Waals surface area contributed by atoms with E-state index < -0.39 is 26.5 Å². The predicted octanol–water partition coefficient (Wildman–Crippen LogP) is 1.54. The Hall–Kier alpha value is -2.68. The molecular formula is C18H21N3O5S. The largest absolute Gasteiger partial charge is 0.476 e. The van der Waals surface area contributed by atoms with Crippen molar-refractivity contribution in [1.82, 2.24) is 15.1 Å². The average Bonchev–Trinajstić information content (AvgIpc) is 3.29. The molecule has 1 saturated carbocycles. The number of rotatable bonds is 6. The number of aromatic nitrogens is 2. The molecule has 8 nitrogen and oxygen atoms in total. The lowest BCUT2D eigenvalue weighted by atomic mass is 10.1. The van der Waals surface area contributed by atoms with Crippen LogP contribution in [0.4, 0.5) is 0 Å². The molecule has 0 aliphatic heterocycles. The average molecular weight is 391 g/mol. The Morgan fingerprint density at radius 3 is 2.56 bits per heavy atom. The number of hydrogen-bond acceptors (Lipinski definition) is 5. The summed E-state index contributed by atoms with van der Waals surface area (Å²) >= 11 is 0. The minimum Gasteiger partial charge on any atom is -0.476 e. The van der Waals surface area contributed by atoms with E-state index in [4.69, 9.17) is 5.11 Å². The second-order valence-electron chi connectivity index (χ2n) is 6.78. The van der Waals surface area contributed by atoms with Gasteiger partial charge >= 0.3 is 5.97 Å². The molecule has 1 heterocycles. The number of carbonyl (C=O) groups is 2. The van der Waals surface area contributed by atoms with Crippen LogP contribution in [0.2, 0.25) is 0 Å².